The molecule has 0 aromatic carbocycles. The minimum absolute atomic E-state index is 0.0780. The number of hydrogen-bond donors (Lipinski definition) is 2. The van der Waals surface area contributed by atoms with Crippen molar-refractivity contribution >= 4 is 5.78 Å². The summed E-state index contributed by atoms with van der Waals surface area (Å²) in [5, 5.41) is 17.6. The van der Waals surface area contributed by atoms with Gasteiger partial charge in [0.15, 0.2) is 5.78 Å². The Bertz CT molecular complexity index is 194. The van der Waals surface area contributed by atoms with E-state index in [-0.39, 0.29) is 25.2 Å². The summed E-state index contributed by atoms with van der Waals surface area (Å²) in [7, 11) is 0. The maximum Gasteiger partial charge on any atom is 0.158 e. The van der Waals surface area contributed by atoms with E-state index < -0.39 is 6.10 Å². The number of carbonyl (C=O) groups excluding carboxylic acids is 1. The van der Waals surface area contributed by atoms with Crippen LogP contribution in [0, 0.1) is 0 Å². The van der Waals surface area contributed by atoms with E-state index in [0.717, 1.165) is 0 Å². The van der Waals surface area contributed by atoms with Crippen LogP contribution in [0.4, 0.5) is 0 Å². The van der Waals surface area contributed by atoms with Crippen LogP contribution in [0.3, 0.4) is 0 Å². The van der Waals surface area contributed by atoms with Crippen LogP contribution >= 0.6 is 0 Å². The number of aliphatic hydroxyl groups excluding tert-OH is 2. The maximum atomic E-state index is 11.0. The zero-order valence-corrected chi connectivity index (χ0v) is 7.81. The highest BCUT2D eigenvalue weighted by Gasteiger charge is 2.06. The quantitative estimate of drug-likeness (QED) is 0.474. The minimum atomic E-state index is -0.729. The highest BCUT2D eigenvalue weighted by atomic mass is 16.3. The van der Waals surface area contributed by atoms with Crippen molar-refractivity contribution in [2.24, 2.45) is 0 Å². The number of allylic oxidation sites excluding steroid dienone is 4. The highest BCUT2D eigenvalue weighted by molar-refractivity contribution is 5.90. The normalized spacial score (nSPS) is 14.1. The molecule has 1 atom stereocenters. The van der Waals surface area contributed by atoms with E-state index in [2.05, 4.69) is 0 Å². The van der Waals surface area contributed by atoms with Gasteiger partial charge in [-0.1, -0.05) is 18.2 Å². The summed E-state index contributed by atoms with van der Waals surface area (Å²) in [6.45, 7) is 1.77. The van der Waals surface area contributed by atoms with E-state index in [0.29, 0.717) is 0 Å². The van der Waals surface area contributed by atoms with Gasteiger partial charge in [-0.05, 0) is 19.4 Å². The van der Waals surface area contributed by atoms with Crippen molar-refractivity contribution in [2.75, 3.05) is 6.61 Å². The van der Waals surface area contributed by atoms with E-state index in [1.165, 1.54) is 6.08 Å². The van der Waals surface area contributed by atoms with Crippen LogP contribution in [0.2, 0.25) is 0 Å². The second-order valence-electron chi connectivity index (χ2n) is 2.72. The summed E-state index contributed by atoms with van der Waals surface area (Å²) in [6.07, 6.45) is 6.21. The van der Waals surface area contributed by atoms with E-state index >= 15 is 0 Å². The molecule has 0 fully saturated rings. The van der Waals surface area contributed by atoms with Gasteiger partial charge in [0, 0.05) is 13.0 Å². The molecule has 0 spiro atoms. The van der Waals surface area contributed by atoms with Crippen molar-refractivity contribution < 1.29 is 15.0 Å². The Hall–Kier alpha value is -0.930. The smallest absolute Gasteiger partial charge is 0.158 e. The first kappa shape index (κ1) is 12.1. The van der Waals surface area contributed by atoms with Crippen molar-refractivity contribution in [3.05, 3.63) is 24.3 Å². The zero-order chi connectivity index (χ0) is 10.1. The molecule has 0 bridgehead atoms. The van der Waals surface area contributed by atoms with Crippen LogP contribution in [0.5, 0.6) is 0 Å². The third-order valence-corrected chi connectivity index (χ3v) is 1.48. The lowest BCUT2D eigenvalue weighted by Crippen LogP contribution is -2.13. The van der Waals surface area contributed by atoms with Gasteiger partial charge in [0.2, 0.25) is 0 Å². The molecule has 0 saturated heterocycles. The Kier molecular flexibility index (Phi) is 7.15. The Balaban J connectivity index is 3.73. The maximum absolute atomic E-state index is 11.0. The van der Waals surface area contributed by atoms with Crippen molar-refractivity contribution in [3.8, 4) is 0 Å². The summed E-state index contributed by atoms with van der Waals surface area (Å²) in [6, 6.07) is 0. The standard InChI is InChI=1S/C10H16O3/c1-2-3-4-5-9(12)8-10(13)6-7-11/h2-5,10-11,13H,6-8H2,1H3/b3-2+,5-4+/t10-/m0/s1. The van der Waals surface area contributed by atoms with E-state index in [1.54, 1.807) is 12.2 Å². The molecule has 0 amide bonds. The first-order valence-electron chi connectivity index (χ1n) is 4.31. The SMILES string of the molecule is C/C=C/C=C/C(=O)C[C@@H](O)CCO. The first-order valence-corrected chi connectivity index (χ1v) is 4.31. The molecule has 3 heteroatoms. The largest absolute Gasteiger partial charge is 0.396 e. The van der Waals surface area contributed by atoms with Gasteiger partial charge in [0.1, 0.15) is 0 Å². The fourth-order valence-corrected chi connectivity index (χ4v) is 0.825. The summed E-state index contributed by atoms with van der Waals surface area (Å²) >= 11 is 0. The Morgan fingerprint density at radius 3 is 2.69 bits per heavy atom. The van der Waals surface area contributed by atoms with Crippen LogP contribution < -0.4 is 0 Å². The molecule has 3 nitrogen and oxygen atoms in total. The van der Waals surface area contributed by atoms with Crippen molar-refractivity contribution in [1.29, 1.82) is 0 Å². The average molecular weight is 184 g/mol. The fraction of sp³-hybridized carbons (Fsp3) is 0.500. The molecule has 0 aliphatic carbocycles. The minimum Gasteiger partial charge on any atom is -0.396 e. The Morgan fingerprint density at radius 2 is 2.15 bits per heavy atom. The summed E-state index contributed by atoms with van der Waals surface area (Å²) in [5.41, 5.74) is 0. The number of aliphatic hydroxyl groups is 2. The summed E-state index contributed by atoms with van der Waals surface area (Å²) in [5.74, 6) is -0.126. The number of hydrogen-bond acceptors (Lipinski definition) is 3. The number of carbonyl (C=O) groups is 1. The Morgan fingerprint density at radius 1 is 1.46 bits per heavy atom. The number of rotatable bonds is 6. The molecule has 0 aliphatic heterocycles. The molecular formula is C10H16O3. The van der Waals surface area contributed by atoms with E-state index in [9.17, 15) is 4.79 Å². The monoisotopic (exact) mass is 184 g/mol. The molecule has 13 heavy (non-hydrogen) atoms. The molecule has 0 aromatic heterocycles. The van der Waals surface area contributed by atoms with Gasteiger partial charge in [0.05, 0.1) is 6.10 Å². The van der Waals surface area contributed by atoms with Crippen LogP contribution in [0.15, 0.2) is 24.3 Å². The highest BCUT2D eigenvalue weighted by Crippen LogP contribution is 1.98. The van der Waals surface area contributed by atoms with Crippen LogP contribution in [0.25, 0.3) is 0 Å². The van der Waals surface area contributed by atoms with Gasteiger partial charge in [0.25, 0.3) is 0 Å². The predicted octanol–water partition coefficient (Wildman–Crippen LogP) is 0.821. The summed E-state index contributed by atoms with van der Waals surface area (Å²) < 4.78 is 0. The van der Waals surface area contributed by atoms with Gasteiger partial charge in [-0.2, -0.15) is 0 Å². The molecule has 0 radical (unpaired) electrons. The van der Waals surface area contributed by atoms with Gasteiger partial charge in [-0.15, -0.1) is 0 Å². The van der Waals surface area contributed by atoms with E-state index in [4.69, 9.17) is 10.2 Å². The fourth-order valence-electron chi connectivity index (χ4n) is 0.825. The van der Waals surface area contributed by atoms with Crippen LogP contribution in [-0.2, 0) is 4.79 Å². The van der Waals surface area contributed by atoms with Crippen molar-refractivity contribution in [3.63, 3.8) is 0 Å². The average Bonchev–Trinajstić information content (AvgIpc) is 2.05. The van der Waals surface area contributed by atoms with Crippen molar-refractivity contribution in [2.45, 2.75) is 25.9 Å². The molecular weight excluding hydrogens is 168 g/mol. The molecule has 0 aliphatic rings. The van der Waals surface area contributed by atoms with Gasteiger partial charge < -0.3 is 10.2 Å². The second-order valence-corrected chi connectivity index (χ2v) is 2.72. The molecule has 0 unspecified atom stereocenters. The van der Waals surface area contributed by atoms with Gasteiger partial charge in [-0.3, -0.25) is 4.79 Å². The third kappa shape index (κ3) is 7.43. The second kappa shape index (κ2) is 7.71. The molecule has 0 heterocycles. The zero-order valence-electron chi connectivity index (χ0n) is 7.81. The predicted molar refractivity (Wildman–Crippen MR) is 51.3 cm³/mol. The summed E-state index contributed by atoms with van der Waals surface area (Å²) in [4.78, 5) is 11.0. The lowest BCUT2D eigenvalue weighted by Gasteiger charge is -2.04. The van der Waals surface area contributed by atoms with Gasteiger partial charge in [-0.25, -0.2) is 0 Å². The number of ketones is 1. The molecule has 0 aromatic rings. The molecule has 74 valence electrons. The Labute approximate surface area is 78.4 Å². The van der Waals surface area contributed by atoms with Crippen molar-refractivity contribution in [1.82, 2.24) is 0 Å². The topological polar surface area (TPSA) is 57.5 Å². The van der Waals surface area contributed by atoms with Crippen LogP contribution in [-0.4, -0.2) is 28.7 Å². The van der Waals surface area contributed by atoms with E-state index in [1.807, 2.05) is 13.0 Å². The van der Waals surface area contributed by atoms with Crippen LogP contribution in [0.1, 0.15) is 19.8 Å². The van der Waals surface area contributed by atoms with Gasteiger partial charge >= 0.3 is 0 Å². The lowest BCUT2D eigenvalue weighted by atomic mass is 10.1. The lowest BCUT2D eigenvalue weighted by molar-refractivity contribution is -0.116. The molecule has 2 N–H and O–H groups in total. The third-order valence-electron chi connectivity index (χ3n) is 1.48. The first-order chi connectivity index (χ1) is 6.20. The molecule has 0 rings (SSSR count). The molecule has 0 saturated carbocycles.